The average Bonchev–Trinajstić information content (AvgIpc) is 2.87. The van der Waals surface area contributed by atoms with Gasteiger partial charge in [0.15, 0.2) is 0 Å². The van der Waals surface area contributed by atoms with Crippen molar-refractivity contribution in [2.45, 2.75) is 26.2 Å². The third-order valence-corrected chi connectivity index (χ3v) is 1.72. The Kier molecular flexibility index (Phi) is 4.56. The molecule has 1 heteroatoms. The molecule has 0 aromatic heterocycles. The summed E-state index contributed by atoms with van der Waals surface area (Å²) >= 11 is 0. The molecule has 0 saturated heterocycles. The zero-order valence-corrected chi connectivity index (χ0v) is 7.68. The van der Waals surface area contributed by atoms with E-state index in [1.54, 1.807) is 0 Å². The Bertz CT molecular complexity index is 191. The molecule has 0 radical (unpaired) electrons. The molecule has 0 N–H and O–H groups in total. The van der Waals surface area contributed by atoms with Gasteiger partial charge in [0.1, 0.15) is 6.61 Å². The maximum Gasteiger partial charge on any atom is 0.108 e. The summed E-state index contributed by atoms with van der Waals surface area (Å²) in [7, 11) is 0. The van der Waals surface area contributed by atoms with Crippen molar-refractivity contribution < 1.29 is 4.74 Å². The lowest BCUT2D eigenvalue weighted by molar-refractivity contribution is 0.199. The molecule has 0 amide bonds. The molecule has 1 rings (SSSR count). The highest BCUT2D eigenvalue weighted by Crippen LogP contribution is 2.29. The topological polar surface area (TPSA) is 9.23 Å². The summed E-state index contributed by atoms with van der Waals surface area (Å²) in [5.74, 6) is 6.75. The molecule has 1 saturated carbocycles. The highest BCUT2D eigenvalue weighted by molar-refractivity contribution is 4.99. The Morgan fingerprint density at radius 2 is 2.25 bits per heavy atom. The highest BCUT2D eigenvalue weighted by atomic mass is 16.5. The lowest BCUT2D eigenvalue weighted by Crippen LogP contribution is -1.90. The molecule has 1 nitrogen and oxygen atoms in total. The second-order valence-electron chi connectivity index (χ2n) is 2.99. The summed E-state index contributed by atoms with van der Waals surface area (Å²) in [6.45, 7) is 3.33. The first kappa shape index (κ1) is 9.35. The minimum absolute atomic E-state index is 0.572. The van der Waals surface area contributed by atoms with Gasteiger partial charge in [0.2, 0.25) is 0 Å². The molecule has 66 valence electrons. The molecule has 0 spiro atoms. The van der Waals surface area contributed by atoms with E-state index < -0.39 is 0 Å². The first-order chi connectivity index (χ1) is 5.93. The van der Waals surface area contributed by atoms with Crippen LogP contribution < -0.4 is 0 Å². The van der Waals surface area contributed by atoms with Crippen molar-refractivity contribution >= 4 is 0 Å². The van der Waals surface area contributed by atoms with Gasteiger partial charge in [-0.25, -0.2) is 0 Å². The Balaban J connectivity index is 1.87. The van der Waals surface area contributed by atoms with E-state index in [2.05, 4.69) is 24.0 Å². The van der Waals surface area contributed by atoms with Crippen molar-refractivity contribution in [3.63, 3.8) is 0 Å². The Hall–Kier alpha value is -0.740. The molecule has 0 bridgehead atoms. The molecule has 1 fully saturated rings. The summed E-state index contributed by atoms with van der Waals surface area (Å²) < 4.78 is 5.25. The van der Waals surface area contributed by atoms with E-state index in [1.165, 1.54) is 12.8 Å². The van der Waals surface area contributed by atoms with Crippen molar-refractivity contribution in [3.8, 4) is 11.8 Å². The van der Waals surface area contributed by atoms with Gasteiger partial charge in [-0.2, -0.15) is 0 Å². The van der Waals surface area contributed by atoms with Crippen LogP contribution in [0.15, 0.2) is 12.2 Å². The summed E-state index contributed by atoms with van der Waals surface area (Å²) in [6, 6.07) is 0. The van der Waals surface area contributed by atoms with Gasteiger partial charge in [0.25, 0.3) is 0 Å². The molecule has 0 aliphatic heterocycles. The predicted octanol–water partition coefficient (Wildman–Crippen LogP) is 2.38. The van der Waals surface area contributed by atoms with Crippen molar-refractivity contribution in [2.24, 2.45) is 5.92 Å². The SMILES string of the molecule is CCC#CCOC/C=C/C1CC1. The van der Waals surface area contributed by atoms with E-state index in [0.717, 1.165) is 18.9 Å². The fourth-order valence-corrected chi connectivity index (χ4v) is 0.891. The fourth-order valence-electron chi connectivity index (χ4n) is 0.891. The summed E-state index contributed by atoms with van der Waals surface area (Å²) in [5, 5.41) is 0. The molecular weight excluding hydrogens is 148 g/mol. The Morgan fingerprint density at radius 1 is 1.42 bits per heavy atom. The zero-order chi connectivity index (χ0) is 8.65. The van der Waals surface area contributed by atoms with E-state index in [1.807, 2.05) is 6.92 Å². The number of hydrogen-bond acceptors (Lipinski definition) is 1. The van der Waals surface area contributed by atoms with Crippen molar-refractivity contribution in [1.29, 1.82) is 0 Å². The lowest BCUT2D eigenvalue weighted by Gasteiger charge is -1.91. The van der Waals surface area contributed by atoms with Crippen LogP contribution in [0, 0.1) is 17.8 Å². The summed E-state index contributed by atoms with van der Waals surface area (Å²) in [6.07, 6.45) is 8.00. The molecule has 0 atom stereocenters. The number of hydrogen-bond donors (Lipinski definition) is 0. The van der Waals surface area contributed by atoms with Crippen LogP contribution in [0.25, 0.3) is 0 Å². The molecule has 12 heavy (non-hydrogen) atoms. The quantitative estimate of drug-likeness (QED) is 0.352. The Labute approximate surface area is 74.8 Å². The van der Waals surface area contributed by atoms with E-state index in [-0.39, 0.29) is 0 Å². The largest absolute Gasteiger partial charge is 0.365 e. The van der Waals surface area contributed by atoms with Crippen LogP contribution in [0.3, 0.4) is 0 Å². The van der Waals surface area contributed by atoms with Gasteiger partial charge in [-0.1, -0.05) is 25.0 Å². The standard InChI is InChI=1S/C11H16O/c1-2-3-4-9-12-10-5-6-11-7-8-11/h5-6,11H,2,7-10H2,1H3/b6-5+. The molecule has 0 aromatic rings. The summed E-state index contributed by atoms with van der Waals surface area (Å²) in [4.78, 5) is 0. The van der Waals surface area contributed by atoms with Crippen LogP contribution in [-0.4, -0.2) is 13.2 Å². The minimum Gasteiger partial charge on any atom is -0.365 e. The molecule has 1 aliphatic rings. The van der Waals surface area contributed by atoms with E-state index >= 15 is 0 Å². The number of allylic oxidation sites excluding steroid dienone is 1. The van der Waals surface area contributed by atoms with Gasteiger partial charge in [0.05, 0.1) is 6.61 Å². The Morgan fingerprint density at radius 3 is 2.92 bits per heavy atom. The van der Waals surface area contributed by atoms with E-state index in [0.29, 0.717) is 6.61 Å². The average molecular weight is 164 g/mol. The molecule has 1 aliphatic carbocycles. The van der Waals surface area contributed by atoms with Crippen LogP contribution >= 0.6 is 0 Å². The second-order valence-corrected chi connectivity index (χ2v) is 2.99. The molecule has 0 heterocycles. The summed E-state index contributed by atoms with van der Waals surface area (Å²) in [5.41, 5.74) is 0. The molecular formula is C11H16O. The first-order valence-corrected chi connectivity index (χ1v) is 4.63. The smallest absolute Gasteiger partial charge is 0.108 e. The van der Waals surface area contributed by atoms with Gasteiger partial charge in [-0.15, -0.1) is 5.92 Å². The molecule has 0 unspecified atom stereocenters. The fraction of sp³-hybridized carbons (Fsp3) is 0.636. The third-order valence-electron chi connectivity index (χ3n) is 1.72. The van der Waals surface area contributed by atoms with Crippen molar-refractivity contribution in [1.82, 2.24) is 0 Å². The zero-order valence-electron chi connectivity index (χ0n) is 7.68. The van der Waals surface area contributed by atoms with Gasteiger partial charge < -0.3 is 4.74 Å². The van der Waals surface area contributed by atoms with Crippen LogP contribution in [0.5, 0.6) is 0 Å². The third kappa shape index (κ3) is 4.98. The number of ether oxygens (including phenoxy) is 1. The maximum absolute atomic E-state index is 5.25. The van der Waals surface area contributed by atoms with Gasteiger partial charge in [0, 0.05) is 6.42 Å². The normalized spacial score (nSPS) is 16.1. The second kappa shape index (κ2) is 5.85. The van der Waals surface area contributed by atoms with Crippen LogP contribution in [0.2, 0.25) is 0 Å². The highest BCUT2D eigenvalue weighted by Gasteiger charge is 2.16. The maximum atomic E-state index is 5.25. The van der Waals surface area contributed by atoms with Crippen molar-refractivity contribution in [2.75, 3.05) is 13.2 Å². The van der Waals surface area contributed by atoms with E-state index in [4.69, 9.17) is 4.74 Å². The minimum atomic E-state index is 0.572. The molecule has 0 aromatic carbocycles. The van der Waals surface area contributed by atoms with Crippen molar-refractivity contribution in [3.05, 3.63) is 12.2 Å². The lowest BCUT2D eigenvalue weighted by atomic mass is 10.4. The van der Waals surface area contributed by atoms with Gasteiger partial charge in [-0.05, 0) is 18.8 Å². The number of rotatable bonds is 4. The van der Waals surface area contributed by atoms with Crippen LogP contribution in [0.1, 0.15) is 26.2 Å². The van der Waals surface area contributed by atoms with Gasteiger partial charge >= 0.3 is 0 Å². The van der Waals surface area contributed by atoms with E-state index in [9.17, 15) is 0 Å². The van der Waals surface area contributed by atoms with Crippen LogP contribution in [0.4, 0.5) is 0 Å². The first-order valence-electron chi connectivity index (χ1n) is 4.63. The predicted molar refractivity (Wildman–Crippen MR) is 50.8 cm³/mol. The monoisotopic (exact) mass is 164 g/mol. The van der Waals surface area contributed by atoms with Gasteiger partial charge in [-0.3, -0.25) is 0 Å². The van der Waals surface area contributed by atoms with Crippen LogP contribution in [-0.2, 0) is 4.74 Å².